The third kappa shape index (κ3) is 4.30. The first-order valence-corrected chi connectivity index (χ1v) is 10.7. The van der Waals surface area contributed by atoms with E-state index in [1.165, 1.54) is 29.2 Å². The number of hydrogen-bond acceptors (Lipinski definition) is 3. The van der Waals surface area contributed by atoms with Gasteiger partial charge in [-0.2, -0.15) is 0 Å². The van der Waals surface area contributed by atoms with Crippen molar-refractivity contribution in [3.05, 3.63) is 106 Å². The van der Waals surface area contributed by atoms with Gasteiger partial charge in [-0.05, 0) is 72.9 Å². The summed E-state index contributed by atoms with van der Waals surface area (Å²) < 4.78 is 13.5. The van der Waals surface area contributed by atoms with Gasteiger partial charge >= 0.3 is 0 Å². The van der Waals surface area contributed by atoms with E-state index < -0.39 is 17.6 Å². The minimum Gasteiger partial charge on any atom is -0.350 e. The second-order valence-electron chi connectivity index (χ2n) is 7.77. The van der Waals surface area contributed by atoms with E-state index in [1.807, 2.05) is 44.2 Å². The Balaban J connectivity index is 1.68. The van der Waals surface area contributed by atoms with E-state index in [4.69, 9.17) is 11.6 Å². The van der Waals surface area contributed by atoms with Gasteiger partial charge in [0.05, 0.1) is 5.57 Å². The first-order chi connectivity index (χ1) is 15.3. The minimum atomic E-state index is -0.408. The molecule has 3 aromatic carbocycles. The van der Waals surface area contributed by atoms with Crippen molar-refractivity contribution in [1.82, 2.24) is 4.90 Å². The number of aryl methyl sites for hydroxylation is 1. The molecule has 1 N–H and O–H groups in total. The molecule has 3 aromatic rings. The summed E-state index contributed by atoms with van der Waals surface area (Å²) in [6.45, 7) is 4.16. The van der Waals surface area contributed by atoms with Crippen LogP contribution in [0.2, 0.25) is 5.02 Å². The molecular weight excluding hydrogens is 427 g/mol. The van der Waals surface area contributed by atoms with Crippen LogP contribution in [0.25, 0.3) is 5.57 Å². The van der Waals surface area contributed by atoms with Gasteiger partial charge in [-0.15, -0.1) is 0 Å². The predicted octanol–water partition coefficient (Wildman–Crippen LogP) is 5.53. The Labute approximate surface area is 191 Å². The smallest absolute Gasteiger partial charge is 0.278 e. The number of anilines is 1. The molecule has 0 fully saturated rings. The largest absolute Gasteiger partial charge is 0.350 e. The van der Waals surface area contributed by atoms with Crippen molar-refractivity contribution in [3.63, 3.8) is 0 Å². The van der Waals surface area contributed by atoms with Crippen LogP contribution < -0.4 is 5.32 Å². The summed E-state index contributed by atoms with van der Waals surface area (Å²) in [6, 6.07) is 18.6. The van der Waals surface area contributed by atoms with Crippen LogP contribution in [0.1, 0.15) is 22.3 Å². The van der Waals surface area contributed by atoms with Crippen molar-refractivity contribution >= 4 is 34.7 Å². The van der Waals surface area contributed by atoms with E-state index in [1.54, 1.807) is 12.1 Å². The number of carbonyl (C=O) groups is 2. The Bertz CT molecular complexity index is 1220. The summed E-state index contributed by atoms with van der Waals surface area (Å²) in [4.78, 5) is 27.9. The summed E-state index contributed by atoms with van der Waals surface area (Å²) >= 11 is 5.94. The summed E-state index contributed by atoms with van der Waals surface area (Å²) in [5, 5.41) is 3.81. The molecule has 0 atom stereocenters. The van der Waals surface area contributed by atoms with E-state index in [0.29, 0.717) is 17.0 Å². The number of carbonyl (C=O) groups excluding carboxylic acids is 2. The van der Waals surface area contributed by atoms with E-state index in [9.17, 15) is 14.0 Å². The number of rotatable bonds is 6. The number of nitrogens with zero attached hydrogens (tertiary/aromatic N) is 1. The SMILES string of the molecule is Cc1cccc(NC2=C(c3ccc(F)cc3)C(=O)N(CCc3ccc(Cl)cc3)C2=O)c1C. The second-order valence-corrected chi connectivity index (χ2v) is 8.20. The maximum atomic E-state index is 13.5. The third-order valence-corrected chi connectivity index (χ3v) is 5.95. The van der Waals surface area contributed by atoms with Crippen LogP contribution in [0, 0.1) is 19.7 Å². The Kier molecular flexibility index (Phi) is 6.10. The molecule has 0 aliphatic carbocycles. The lowest BCUT2D eigenvalue weighted by molar-refractivity contribution is -0.136. The highest BCUT2D eigenvalue weighted by molar-refractivity contribution is 6.36. The minimum absolute atomic E-state index is 0.200. The molecule has 6 heteroatoms. The first-order valence-electron chi connectivity index (χ1n) is 10.3. The lowest BCUT2D eigenvalue weighted by atomic mass is 10.0. The van der Waals surface area contributed by atoms with Gasteiger partial charge in [-0.25, -0.2) is 4.39 Å². The monoisotopic (exact) mass is 448 g/mol. The van der Waals surface area contributed by atoms with E-state index in [2.05, 4.69) is 5.32 Å². The van der Waals surface area contributed by atoms with Gasteiger partial charge in [0.15, 0.2) is 0 Å². The summed E-state index contributed by atoms with van der Waals surface area (Å²) in [5.41, 5.74) is 4.70. The highest BCUT2D eigenvalue weighted by atomic mass is 35.5. The first kappa shape index (κ1) is 21.8. The Morgan fingerprint density at radius 1 is 0.906 bits per heavy atom. The zero-order valence-corrected chi connectivity index (χ0v) is 18.5. The van der Waals surface area contributed by atoms with Gasteiger partial charge in [-0.1, -0.05) is 48.0 Å². The van der Waals surface area contributed by atoms with E-state index in [-0.39, 0.29) is 17.8 Å². The van der Waals surface area contributed by atoms with Crippen LogP contribution in [0.3, 0.4) is 0 Å². The van der Waals surface area contributed by atoms with Gasteiger partial charge < -0.3 is 5.32 Å². The van der Waals surface area contributed by atoms with Crippen molar-refractivity contribution in [2.75, 3.05) is 11.9 Å². The molecule has 1 heterocycles. The molecule has 0 saturated carbocycles. The molecule has 0 unspecified atom stereocenters. The van der Waals surface area contributed by atoms with Crippen molar-refractivity contribution in [1.29, 1.82) is 0 Å². The molecular formula is C26H22ClFN2O2. The molecule has 162 valence electrons. The fraction of sp³-hybridized carbons (Fsp3) is 0.154. The van der Waals surface area contributed by atoms with Crippen molar-refractivity contribution in [3.8, 4) is 0 Å². The molecule has 0 aromatic heterocycles. The topological polar surface area (TPSA) is 49.4 Å². The molecule has 1 aliphatic rings. The molecule has 0 radical (unpaired) electrons. The number of nitrogens with one attached hydrogen (secondary N) is 1. The number of hydrogen-bond donors (Lipinski definition) is 1. The molecule has 4 nitrogen and oxygen atoms in total. The number of halogens is 2. The normalized spacial score (nSPS) is 13.8. The maximum Gasteiger partial charge on any atom is 0.278 e. The van der Waals surface area contributed by atoms with Gasteiger partial charge in [0, 0.05) is 17.3 Å². The van der Waals surface area contributed by atoms with Crippen LogP contribution in [0.15, 0.2) is 72.4 Å². The average molecular weight is 449 g/mol. The van der Waals surface area contributed by atoms with Gasteiger partial charge in [0.2, 0.25) is 0 Å². The zero-order valence-electron chi connectivity index (χ0n) is 17.8. The Hall–Kier alpha value is -3.44. The molecule has 32 heavy (non-hydrogen) atoms. The van der Waals surface area contributed by atoms with Crippen LogP contribution in [-0.2, 0) is 16.0 Å². The lowest BCUT2D eigenvalue weighted by Crippen LogP contribution is -2.34. The highest BCUT2D eigenvalue weighted by Gasteiger charge is 2.39. The maximum absolute atomic E-state index is 13.5. The quantitative estimate of drug-likeness (QED) is 0.504. The fourth-order valence-electron chi connectivity index (χ4n) is 3.69. The lowest BCUT2D eigenvalue weighted by Gasteiger charge is -2.16. The van der Waals surface area contributed by atoms with E-state index >= 15 is 0 Å². The summed E-state index contributed by atoms with van der Waals surface area (Å²) in [6.07, 6.45) is 0.502. The molecule has 0 bridgehead atoms. The average Bonchev–Trinajstić information content (AvgIpc) is 3.01. The van der Waals surface area contributed by atoms with Crippen molar-refractivity contribution in [2.45, 2.75) is 20.3 Å². The van der Waals surface area contributed by atoms with Crippen LogP contribution in [0.5, 0.6) is 0 Å². The molecule has 1 aliphatic heterocycles. The van der Waals surface area contributed by atoms with Gasteiger partial charge in [0.25, 0.3) is 11.8 Å². The van der Waals surface area contributed by atoms with Crippen LogP contribution >= 0.6 is 11.6 Å². The summed E-state index contributed by atoms with van der Waals surface area (Å²) in [5.74, 6) is -1.21. The van der Waals surface area contributed by atoms with Gasteiger partial charge in [0.1, 0.15) is 11.5 Å². The van der Waals surface area contributed by atoms with Crippen LogP contribution in [-0.4, -0.2) is 23.3 Å². The van der Waals surface area contributed by atoms with Crippen molar-refractivity contribution < 1.29 is 14.0 Å². The van der Waals surface area contributed by atoms with Crippen LogP contribution in [0.4, 0.5) is 10.1 Å². The Morgan fingerprint density at radius 2 is 1.59 bits per heavy atom. The van der Waals surface area contributed by atoms with Crippen molar-refractivity contribution in [2.24, 2.45) is 0 Å². The van der Waals surface area contributed by atoms with Gasteiger partial charge in [-0.3, -0.25) is 14.5 Å². The fourth-order valence-corrected chi connectivity index (χ4v) is 3.82. The molecule has 0 saturated heterocycles. The number of benzene rings is 3. The summed E-state index contributed by atoms with van der Waals surface area (Å²) in [7, 11) is 0. The third-order valence-electron chi connectivity index (χ3n) is 5.70. The molecule has 2 amide bonds. The standard InChI is InChI=1S/C26H22ClFN2O2/c1-16-4-3-5-22(17(16)2)29-24-23(19-8-12-21(28)13-9-19)25(31)30(26(24)32)15-14-18-6-10-20(27)11-7-18/h3-13,29H,14-15H2,1-2H3. The van der Waals surface area contributed by atoms with E-state index in [0.717, 1.165) is 22.4 Å². The molecule has 0 spiro atoms. The highest BCUT2D eigenvalue weighted by Crippen LogP contribution is 2.32. The zero-order chi connectivity index (χ0) is 22.8. The Morgan fingerprint density at radius 3 is 2.28 bits per heavy atom. The number of imide groups is 1. The second kappa shape index (κ2) is 8.97. The predicted molar refractivity (Wildman–Crippen MR) is 125 cm³/mol. The molecule has 4 rings (SSSR count). The number of amides is 2.